The second kappa shape index (κ2) is 7.08. The molecule has 2 aromatic rings. The van der Waals surface area contributed by atoms with Crippen molar-refractivity contribution in [2.45, 2.75) is 25.2 Å². The zero-order valence-corrected chi connectivity index (χ0v) is 14.2. The van der Waals surface area contributed by atoms with Gasteiger partial charge in [0.15, 0.2) is 25.2 Å². The Hall–Kier alpha value is -1.80. The molecule has 0 N–H and O–H groups in total. The Labute approximate surface area is 151 Å². The average Bonchev–Trinajstić information content (AvgIpc) is 3.21. The van der Waals surface area contributed by atoms with Crippen molar-refractivity contribution in [1.82, 2.24) is 0 Å². The largest absolute Gasteiger partial charge is 0.346 e. The topological polar surface area (TPSA) is 55.4 Å². The summed E-state index contributed by atoms with van der Waals surface area (Å²) in [5, 5.41) is 0. The van der Waals surface area contributed by atoms with Crippen molar-refractivity contribution in [2.24, 2.45) is 0 Å². The number of benzene rings is 2. The maximum Gasteiger partial charge on any atom is 0.187 e. The van der Waals surface area contributed by atoms with E-state index in [0.29, 0.717) is 26.4 Å². The Kier molecular flexibility index (Phi) is 4.46. The molecule has 6 nitrogen and oxygen atoms in total. The van der Waals surface area contributed by atoms with Gasteiger partial charge in [-0.25, -0.2) is 0 Å². The predicted octanol–water partition coefficient (Wildman–Crippen LogP) is 3.52. The lowest BCUT2D eigenvalue weighted by atomic mass is 10.1. The van der Waals surface area contributed by atoms with E-state index in [-0.39, 0.29) is 0 Å². The molecule has 4 atom stereocenters. The molecule has 3 aliphatic rings. The molecule has 5 rings (SSSR count). The van der Waals surface area contributed by atoms with Crippen LogP contribution in [0.25, 0.3) is 0 Å². The fourth-order valence-electron chi connectivity index (χ4n) is 3.53. The highest BCUT2D eigenvalue weighted by atomic mass is 16.8. The van der Waals surface area contributed by atoms with E-state index in [0.717, 1.165) is 22.3 Å². The quantitative estimate of drug-likeness (QED) is 0.720. The van der Waals surface area contributed by atoms with Crippen LogP contribution in [0.3, 0.4) is 0 Å². The van der Waals surface area contributed by atoms with Crippen molar-refractivity contribution >= 4 is 0 Å². The zero-order chi connectivity index (χ0) is 17.3. The van der Waals surface area contributed by atoms with Crippen LogP contribution in [0.4, 0.5) is 0 Å². The Balaban J connectivity index is 1.36. The third-order valence-corrected chi connectivity index (χ3v) is 4.75. The minimum absolute atomic E-state index is 0.388. The van der Waals surface area contributed by atoms with Crippen LogP contribution in [0.5, 0.6) is 0 Å². The fraction of sp³-hybridized carbons (Fsp3) is 0.400. The monoisotopic (exact) mass is 356 g/mol. The molecule has 2 aromatic carbocycles. The lowest BCUT2D eigenvalue weighted by Gasteiger charge is -2.19. The van der Waals surface area contributed by atoms with E-state index in [1.807, 2.05) is 48.5 Å². The summed E-state index contributed by atoms with van der Waals surface area (Å²) in [4.78, 5) is 0. The highest BCUT2D eigenvalue weighted by Crippen LogP contribution is 2.42. The first-order valence-electron chi connectivity index (χ1n) is 8.85. The highest BCUT2D eigenvalue weighted by molar-refractivity contribution is 5.33. The molecule has 6 heteroatoms. The van der Waals surface area contributed by atoms with Crippen LogP contribution >= 0.6 is 0 Å². The van der Waals surface area contributed by atoms with Gasteiger partial charge >= 0.3 is 0 Å². The Morgan fingerprint density at radius 2 is 0.731 bits per heavy atom. The molecule has 0 saturated carbocycles. The van der Waals surface area contributed by atoms with Gasteiger partial charge in [0.25, 0.3) is 0 Å². The Morgan fingerprint density at radius 1 is 0.462 bits per heavy atom. The van der Waals surface area contributed by atoms with Gasteiger partial charge in [-0.3, -0.25) is 0 Å². The highest BCUT2D eigenvalue weighted by Gasteiger charge is 2.35. The SMILES string of the molecule is c1ccc2c(c1)[C@@H]1OCCO[C@H]3O[C@@H](OCCO[C@H]2O1)c1ccccc13. The normalized spacial score (nSPS) is 31.1. The molecule has 0 unspecified atom stereocenters. The van der Waals surface area contributed by atoms with Crippen molar-refractivity contribution in [2.75, 3.05) is 26.4 Å². The molecule has 0 radical (unpaired) electrons. The van der Waals surface area contributed by atoms with Gasteiger partial charge < -0.3 is 28.4 Å². The lowest BCUT2D eigenvalue weighted by Crippen LogP contribution is -2.16. The van der Waals surface area contributed by atoms with Crippen LogP contribution in [0, 0.1) is 0 Å². The number of hydrogen-bond donors (Lipinski definition) is 0. The third-order valence-electron chi connectivity index (χ3n) is 4.75. The summed E-state index contributed by atoms with van der Waals surface area (Å²) in [5.41, 5.74) is 3.99. The maximum absolute atomic E-state index is 5.92. The lowest BCUT2D eigenvalue weighted by molar-refractivity contribution is -0.272. The van der Waals surface area contributed by atoms with E-state index in [2.05, 4.69) is 0 Å². The van der Waals surface area contributed by atoms with E-state index in [1.165, 1.54) is 0 Å². The Bertz CT molecular complexity index is 651. The average molecular weight is 356 g/mol. The van der Waals surface area contributed by atoms with Crippen LogP contribution in [-0.2, 0) is 28.4 Å². The Morgan fingerprint density at radius 3 is 1.00 bits per heavy atom. The van der Waals surface area contributed by atoms with Gasteiger partial charge in [-0.2, -0.15) is 0 Å². The molecule has 0 amide bonds. The van der Waals surface area contributed by atoms with E-state index in [4.69, 9.17) is 28.4 Å². The first-order valence-corrected chi connectivity index (χ1v) is 8.85. The number of ether oxygens (including phenoxy) is 6. The number of fused-ring (bicyclic) bond motifs is 10. The third kappa shape index (κ3) is 2.95. The molecule has 3 aliphatic heterocycles. The van der Waals surface area contributed by atoms with Gasteiger partial charge in [0.1, 0.15) is 0 Å². The standard InChI is InChI=1S/C20H20O6/c1-2-6-14-13(5-1)17-21-9-10-23-19-15-7-3-4-8-16(15)20(26-19)24-12-11-22-18(14)25-17/h1-8,17-20H,9-12H2/t17-,18+,19+,20-. The minimum atomic E-state index is -0.451. The van der Waals surface area contributed by atoms with Crippen LogP contribution < -0.4 is 0 Å². The first-order chi connectivity index (χ1) is 12.9. The second-order valence-corrected chi connectivity index (χ2v) is 6.34. The second-order valence-electron chi connectivity index (χ2n) is 6.34. The molecule has 0 spiro atoms. The molecule has 136 valence electrons. The molecule has 3 heterocycles. The predicted molar refractivity (Wildman–Crippen MR) is 89.8 cm³/mol. The minimum Gasteiger partial charge on any atom is -0.346 e. The first kappa shape index (κ1) is 16.4. The van der Waals surface area contributed by atoms with Crippen molar-refractivity contribution in [3.63, 3.8) is 0 Å². The van der Waals surface area contributed by atoms with Crippen molar-refractivity contribution in [3.8, 4) is 0 Å². The summed E-state index contributed by atoms with van der Waals surface area (Å²) in [5.74, 6) is 0. The molecule has 0 aromatic heterocycles. The molecule has 1 fully saturated rings. The van der Waals surface area contributed by atoms with Gasteiger partial charge in [-0.1, -0.05) is 48.5 Å². The molecule has 26 heavy (non-hydrogen) atoms. The van der Waals surface area contributed by atoms with Gasteiger partial charge in [0, 0.05) is 22.3 Å². The molecule has 4 bridgehead atoms. The maximum atomic E-state index is 5.92. The van der Waals surface area contributed by atoms with Gasteiger partial charge in [0.2, 0.25) is 0 Å². The van der Waals surface area contributed by atoms with Crippen LogP contribution in [0.2, 0.25) is 0 Å². The number of rotatable bonds is 0. The summed E-state index contributed by atoms with van der Waals surface area (Å²) in [6, 6.07) is 15.9. The summed E-state index contributed by atoms with van der Waals surface area (Å²) < 4.78 is 35.4. The smallest absolute Gasteiger partial charge is 0.187 e. The van der Waals surface area contributed by atoms with E-state index < -0.39 is 25.2 Å². The van der Waals surface area contributed by atoms with Gasteiger partial charge in [0.05, 0.1) is 26.4 Å². The number of hydrogen-bond acceptors (Lipinski definition) is 6. The fourth-order valence-corrected chi connectivity index (χ4v) is 3.53. The van der Waals surface area contributed by atoms with Crippen molar-refractivity contribution in [3.05, 3.63) is 70.8 Å². The summed E-state index contributed by atoms with van der Waals surface area (Å²) in [6.45, 7) is 1.55. The van der Waals surface area contributed by atoms with E-state index >= 15 is 0 Å². The van der Waals surface area contributed by atoms with Crippen molar-refractivity contribution < 1.29 is 28.4 Å². The summed E-state index contributed by atoms with van der Waals surface area (Å²) in [7, 11) is 0. The zero-order valence-electron chi connectivity index (χ0n) is 14.2. The van der Waals surface area contributed by atoms with E-state index in [9.17, 15) is 0 Å². The van der Waals surface area contributed by atoms with Crippen molar-refractivity contribution in [1.29, 1.82) is 0 Å². The molecular weight excluding hydrogens is 336 g/mol. The van der Waals surface area contributed by atoms with Crippen LogP contribution in [-0.4, -0.2) is 26.4 Å². The summed E-state index contributed by atoms with van der Waals surface area (Å²) >= 11 is 0. The molecule has 1 saturated heterocycles. The molecular formula is C20H20O6. The van der Waals surface area contributed by atoms with Gasteiger partial charge in [-0.15, -0.1) is 0 Å². The summed E-state index contributed by atoms with van der Waals surface area (Å²) in [6.07, 6.45) is -1.80. The van der Waals surface area contributed by atoms with E-state index in [1.54, 1.807) is 0 Å². The van der Waals surface area contributed by atoms with Gasteiger partial charge in [-0.05, 0) is 0 Å². The van der Waals surface area contributed by atoms with Crippen LogP contribution in [0.15, 0.2) is 48.5 Å². The molecule has 0 aliphatic carbocycles. The van der Waals surface area contributed by atoms with Crippen LogP contribution in [0.1, 0.15) is 47.4 Å².